The van der Waals surface area contributed by atoms with Crippen LogP contribution in [0.2, 0.25) is 0 Å². The van der Waals surface area contributed by atoms with Gasteiger partial charge >= 0.3 is 0 Å². The first-order chi connectivity index (χ1) is 6.31. The van der Waals surface area contributed by atoms with E-state index in [1.807, 2.05) is 25.3 Å². The molecule has 0 saturated heterocycles. The molecule has 0 radical (unpaired) electrons. The van der Waals surface area contributed by atoms with Crippen molar-refractivity contribution in [3.05, 3.63) is 28.9 Å². The molecular weight excluding hydrogens is 182 g/mol. The van der Waals surface area contributed by atoms with Crippen molar-refractivity contribution >= 4 is 11.3 Å². The van der Waals surface area contributed by atoms with Crippen molar-refractivity contribution in [2.45, 2.75) is 13.5 Å². The van der Waals surface area contributed by atoms with Crippen LogP contribution in [-0.4, -0.2) is 9.97 Å². The van der Waals surface area contributed by atoms with Crippen LogP contribution in [0.1, 0.15) is 10.6 Å². The first kappa shape index (κ1) is 8.47. The van der Waals surface area contributed by atoms with Crippen LogP contribution in [0.15, 0.2) is 18.3 Å². The second kappa shape index (κ2) is 3.32. The number of aryl methyl sites for hydroxylation is 1. The molecule has 0 atom stereocenters. The van der Waals surface area contributed by atoms with E-state index in [0.29, 0.717) is 6.54 Å². The molecule has 2 rings (SSSR count). The Morgan fingerprint density at radius 2 is 2.46 bits per heavy atom. The molecule has 4 heteroatoms. The van der Waals surface area contributed by atoms with Crippen molar-refractivity contribution in [1.82, 2.24) is 9.97 Å². The summed E-state index contributed by atoms with van der Waals surface area (Å²) in [5.41, 5.74) is 7.68. The van der Waals surface area contributed by atoms with E-state index in [0.717, 1.165) is 21.3 Å². The van der Waals surface area contributed by atoms with Crippen molar-refractivity contribution in [2.24, 2.45) is 5.73 Å². The zero-order valence-electron chi connectivity index (χ0n) is 7.37. The van der Waals surface area contributed by atoms with Gasteiger partial charge in [0.15, 0.2) is 0 Å². The fourth-order valence-corrected chi connectivity index (χ4v) is 2.13. The summed E-state index contributed by atoms with van der Waals surface area (Å²) in [6, 6.07) is 3.98. The molecule has 0 amide bonds. The number of hydrogen-bond donors (Lipinski definition) is 2. The van der Waals surface area contributed by atoms with Crippen molar-refractivity contribution in [3.8, 4) is 10.7 Å². The lowest BCUT2D eigenvalue weighted by atomic mass is 10.4. The van der Waals surface area contributed by atoms with E-state index in [9.17, 15) is 0 Å². The van der Waals surface area contributed by atoms with Gasteiger partial charge in [-0.25, -0.2) is 4.98 Å². The fraction of sp³-hybridized carbons (Fsp3) is 0.222. The number of hydrogen-bond acceptors (Lipinski definition) is 3. The second-order valence-corrected chi connectivity index (χ2v) is 3.90. The van der Waals surface area contributed by atoms with Gasteiger partial charge in [0.05, 0.1) is 11.4 Å². The molecule has 3 nitrogen and oxygen atoms in total. The van der Waals surface area contributed by atoms with Gasteiger partial charge in [0, 0.05) is 17.6 Å². The first-order valence-corrected chi connectivity index (χ1v) is 4.93. The average Bonchev–Trinajstić information content (AvgIpc) is 2.71. The minimum Gasteiger partial charge on any atom is -0.359 e. The van der Waals surface area contributed by atoms with Gasteiger partial charge in [-0.2, -0.15) is 0 Å². The summed E-state index contributed by atoms with van der Waals surface area (Å²) in [6.07, 6.45) is 1.90. The number of rotatable bonds is 2. The van der Waals surface area contributed by atoms with Crippen LogP contribution in [0.4, 0.5) is 0 Å². The van der Waals surface area contributed by atoms with Crippen molar-refractivity contribution in [2.75, 3.05) is 0 Å². The maximum Gasteiger partial charge on any atom is 0.140 e. The molecule has 13 heavy (non-hydrogen) atoms. The maximum absolute atomic E-state index is 5.58. The molecule has 0 unspecified atom stereocenters. The van der Waals surface area contributed by atoms with Crippen LogP contribution in [0.25, 0.3) is 10.7 Å². The van der Waals surface area contributed by atoms with E-state index in [4.69, 9.17) is 5.73 Å². The van der Waals surface area contributed by atoms with Gasteiger partial charge in [0.2, 0.25) is 0 Å². The molecule has 0 aliphatic rings. The zero-order chi connectivity index (χ0) is 9.26. The number of aromatic nitrogens is 2. The third-order valence-electron chi connectivity index (χ3n) is 1.91. The van der Waals surface area contributed by atoms with E-state index < -0.39 is 0 Å². The molecule has 2 aromatic heterocycles. The normalized spacial score (nSPS) is 10.6. The summed E-state index contributed by atoms with van der Waals surface area (Å²) in [5.74, 6) is 0. The van der Waals surface area contributed by atoms with Gasteiger partial charge in [-0.3, -0.25) is 0 Å². The van der Waals surface area contributed by atoms with Crippen LogP contribution in [0, 0.1) is 6.92 Å². The fourth-order valence-electron chi connectivity index (χ4n) is 1.20. The minimum atomic E-state index is 0.574. The Kier molecular flexibility index (Phi) is 2.16. The average molecular weight is 193 g/mol. The Morgan fingerprint density at radius 1 is 1.62 bits per heavy atom. The number of nitrogens with one attached hydrogen (secondary N) is 1. The number of nitrogens with zero attached hydrogens (tertiary/aromatic N) is 1. The maximum atomic E-state index is 5.58. The summed E-state index contributed by atoms with van der Waals surface area (Å²) in [5, 5.41) is 1.02. The van der Waals surface area contributed by atoms with Gasteiger partial charge in [-0.15, -0.1) is 11.3 Å². The molecule has 0 bridgehead atoms. The third-order valence-corrected chi connectivity index (χ3v) is 3.12. The Bertz CT molecular complexity index is 389. The zero-order valence-corrected chi connectivity index (χ0v) is 8.19. The molecule has 0 aromatic carbocycles. The van der Waals surface area contributed by atoms with E-state index in [2.05, 4.69) is 9.97 Å². The highest BCUT2D eigenvalue weighted by Crippen LogP contribution is 2.25. The summed E-state index contributed by atoms with van der Waals surface area (Å²) < 4.78 is 0. The van der Waals surface area contributed by atoms with E-state index >= 15 is 0 Å². The number of H-pyrrole nitrogens is 1. The van der Waals surface area contributed by atoms with Crippen molar-refractivity contribution in [3.63, 3.8) is 0 Å². The van der Waals surface area contributed by atoms with Crippen LogP contribution in [-0.2, 0) is 6.54 Å². The van der Waals surface area contributed by atoms with Crippen molar-refractivity contribution in [1.29, 1.82) is 0 Å². The van der Waals surface area contributed by atoms with Gasteiger partial charge < -0.3 is 10.7 Å². The lowest BCUT2D eigenvalue weighted by Gasteiger charge is -1.87. The molecule has 2 aromatic rings. The number of aromatic amines is 1. The van der Waals surface area contributed by atoms with Gasteiger partial charge in [0.25, 0.3) is 0 Å². The Hall–Kier alpha value is -1.13. The van der Waals surface area contributed by atoms with Gasteiger partial charge in [-0.1, -0.05) is 0 Å². The lowest BCUT2D eigenvalue weighted by molar-refractivity contribution is 1.06. The summed E-state index contributed by atoms with van der Waals surface area (Å²) >= 11 is 1.65. The van der Waals surface area contributed by atoms with Crippen LogP contribution >= 0.6 is 11.3 Å². The third kappa shape index (κ3) is 1.50. The number of thiazole rings is 1. The predicted octanol–water partition coefficient (Wildman–Crippen LogP) is 1.91. The quantitative estimate of drug-likeness (QED) is 0.765. The predicted molar refractivity (Wildman–Crippen MR) is 54.5 cm³/mol. The monoisotopic (exact) mass is 193 g/mol. The molecule has 0 aliphatic carbocycles. The highest BCUT2D eigenvalue weighted by molar-refractivity contribution is 7.15. The number of nitrogens with two attached hydrogens (primary N) is 1. The van der Waals surface area contributed by atoms with Crippen molar-refractivity contribution < 1.29 is 0 Å². The Labute approximate surface area is 80.6 Å². The molecule has 68 valence electrons. The molecule has 3 N–H and O–H groups in total. The Morgan fingerprint density at radius 3 is 3.00 bits per heavy atom. The largest absolute Gasteiger partial charge is 0.359 e. The molecule has 0 aliphatic heterocycles. The molecule has 0 saturated carbocycles. The molecule has 2 heterocycles. The molecule has 0 spiro atoms. The van der Waals surface area contributed by atoms with Gasteiger partial charge in [0.1, 0.15) is 5.01 Å². The van der Waals surface area contributed by atoms with Crippen LogP contribution < -0.4 is 5.73 Å². The second-order valence-electron chi connectivity index (χ2n) is 2.82. The van der Waals surface area contributed by atoms with E-state index in [-0.39, 0.29) is 0 Å². The standard InChI is InChI=1S/C9H11N3S/c1-6-8(5-10)13-9(12-6)7-3-2-4-11-7/h2-4,11H,5,10H2,1H3. The molecular formula is C9H11N3S. The SMILES string of the molecule is Cc1nc(-c2ccc[nH]2)sc1CN. The van der Waals surface area contributed by atoms with E-state index in [1.54, 1.807) is 11.3 Å². The Balaban J connectivity index is 2.43. The summed E-state index contributed by atoms with van der Waals surface area (Å²) in [4.78, 5) is 8.71. The molecule has 0 fully saturated rings. The van der Waals surface area contributed by atoms with Crippen LogP contribution in [0.5, 0.6) is 0 Å². The van der Waals surface area contributed by atoms with Gasteiger partial charge in [-0.05, 0) is 19.1 Å². The minimum absolute atomic E-state index is 0.574. The topological polar surface area (TPSA) is 54.7 Å². The first-order valence-electron chi connectivity index (χ1n) is 4.11. The smallest absolute Gasteiger partial charge is 0.140 e. The van der Waals surface area contributed by atoms with E-state index in [1.165, 1.54) is 0 Å². The van der Waals surface area contributed by atoms with Crippen LogP contribution in [0.3, 0.4) is 0 Å². The summed E-state index contributed by atoms with van der Waals surface area (Å²) in [7, 11) is 0. The lowest BCUT2D eigenvalue weighted by Crippen LogP contribution is -1.94. The highest BCUT2D eigenvalue weighted by atomic mass is 32.1. The summed E-state index contributed by atoms with van der Waals surface area (Å²) in [6.45, 7) is 2.56. The highest BCUT2D eigenvalue weighted by Gasteiger charge is 2.07.